The Bertz CT molecular complexity index is 1360. The third kappa shape index (κ3) is 4.94. The predicted octanol–water partition coefficient (Wildman–Crippen LogP) is 4.86. The van der Waals surface area contributed by atoms with Gasteiger partial charge in [-0.2, -0.15) is 0 Å². The lowest BCUT2D eigenvalue weighted by Crippen LogP contribution is -2.31. The average molecular weight is 485 g/mol. The Labute approximate surface area is 196 Å². The Morgan fingerprint density at radius 3 is 2.55 bits per heavy atom. The number of hydrogen-bond donors (Lipinski definition) is 0. The van der Waals surface area contributed by atoms with Crippen molar-refractivity contribution in [3.05, 3.63) is 72.2 Å². The zero-order valence-electron chi connectivity index (χ0n) is 18.5. The number of rotatable bonds is 8. The highest BCUT2D eigenvalue weighted by atomic mass is 32.2. The van der Waals surface area contributed by atoms with E-state index >= 15 is 0 Å². The van der Waals surface area contributed by atoms with Crippen LogP contribution in [-0.2, 0) is 27.6 Å². The average Bonchev–Trinajstić information content (AvgIpc) is 3.46. The van der Waals surface area contributed by atoms with Crippen molar-refractivity contribution in [2.45, 2.75) is 37.0 Å². The second-order valence-electron chi connectivity index (χ2n) is 7.80. The minimum absolute atomic E-state index is 0.0992. The van der Waals surface area contributed by atoms with Gasteiger partial charge in [-0.1, -0.05) is 23.5 Å². The zero-order valence-corrected chi connectivity index (χ0v) is 20.2. The monoisotopic (exact) mass is 484 g/mol. The first-order valence-corrected chi connectivity index (χ1v) is 12.7. The molecular formula is C24H24N2O5S2. The third-order valence-electron chi connectivity index (χ3n) is 5.24. The molecule has 2 heterocycles. The normalized spacial score (nSPS) is 11.8. The van der Waals surface area contributed by atoms with Crippen LogP contribution in [0.1, 0.15) is 25.2 Å². The molecular weight excluding hydrogens is 460 g/mol. The van der Waals surface area contributed by atoms with Crippen molar-refractivity contribution >= 4 is 42.4 Å². The van der Waals surface area contributed by atoms with Gasteiger partial charge in [0.05, 0.1) is 46.7 Å². The van der Waals surface area contributed by atoms with Crippen molar-refractivity contribution in [1.82, 2.24) is 4.98 Å². The molecule has 0 unspecified atom stereocenters. The Kier molecular flexibility index (Phi) is 6.53. The minimum Gasteiger partial charge on any atom is -0.497 e. The number of furan rings is 1. The molecule has 0 atom stereocenters. The van der Waals surface area contributed by atoms with E-state index in [1.807, 2.05) is 24.3 Å². The quantitative estimate of drug-likeness (QED) is 0.355. The molecule has 0 saturated carbocycles. The van der Waals surface area contributed by atoms with Crippen molar-refractivity contribution in [3.8, 4) is 5.75 Å². The van der Waals surface area contributed by atoms with Gasteiger partial charge in [0, 0.05) is 6.07 Å². The van der Waals surface area contributed by atoms with Crippen molar-refractivity contribution in [2.24, 2.45) is 0 Å². The molecule has 4 rings (SSSR count). The Hall–Kier alpha value is -3.17. The first kappa shape index (κ1) is 23.0. The fourth-order valence-electron chi connectivity index (χ4n) is 3.30. The molecule has 0 N–H and O–H groups in total. The van der Waals surface area contributed by atoms with E-state index in [-0.39, 0.29) is 23.8 Å². The summed E-state index contributed by atoms with van der Waals surface area (Å²) >= 11 is 1.41. The second-order valence-corrected chi connectivity index (χ2v) is 11.3. The van der Waals surface area contributed by atoms with Gasteiger partial charge in [0.15, 0.2) is 15.0 Å². The molecule has 4 aromatic rings. The van der Waals surface area contributed by atoms with Gasteiger partial charge in [0.25, 0.3) is 0 Å². The number of ether oxygens (including phenoxy) is 1. The lowest BCUT2D eigenvalue weighted by atomic mass is 10.1. The number of hydrogen-bond acceptors (Lipinski definition) is 7. The number of anilines is 1. The highest BCUT2D eigenvalue weighted by molar-refractivity contribution is 7.92. The lowest BCUT2D eigenvalue weighted by Gasteiger charge is -2.19. The van der Waals surface area contributed by atoms with Gasteiger partial charge in [0.1, 0.15) is 11.5 Å². The van der Waals surface area contributed by atoms with Gasteiger partial charge < -0.3 is 9.15 Å². The Morgan fingerprint density at radius 1 is 1.15 bits per heavy atom. The second kappa shape index (κ2) is 9.36. The molecule has 0 aliphatic carbocycles. The molecule has 1 amide bonds. The number of sulfone groups is 1. The number of nitrogens with zero attached hydrogens (tertiary/aromatic N) is 2. The molecule has 0 aliphatic rings. The minimum atomic E-state index is -3.36. The molecule has 9 heteroatoms. The molecule has 0 fully saturated rings. The topological polar surface area (TPSA) is 89.7 Å². The summed E-state index contributed by atoms with van der Waals surface area (Å²) in [6, 6.07) is 15.7. The first-order valence-electron chi connectivity index (χ1n) is 10.4. The summed E-state index contributed by atoms with van der Waals surface area (Å²) in [4.78, 5) is 19.8. The van der Waals surface area contributed by atoms with Gasteiger partial charge in [-0.05, 0) is 55.8 Å². The van der Waals surface area contributed by atoms with Crippen LogP contribution in [0.4, 0.5) is 5.13 Å². The maximum absolute atomic E-state index is 13.3. The first-order chi connectivity index (χ1) is 15.8. The van der Waals surface area contributed by atoms with E-state index in [0.717, 1.165) is 15.8 Å². The van der Waals surface area contributed by atoms with E-state index in [9.17, 15) is 13.2 Å². The van der Waals surface area contributed by atoms with Gasteiger partial charge in [-0.15, -0.1) is 0 Å². The largest absolute Gasteiger partial charge is 0.497 e. The van der Waals surface area contributed by atoms with Crippen molar-refractivity contribution in [1.29, 1.82) is 0 Å². The fourth-order valence-corrected chi connectivity index (χ4v) is 5.32. The summed E-state index contributed by atoms with van der Waals surface area (Å²) in [6.07, 6.45) is 1.66. The van der Waals surface area contributed by atoms with Crippen LogP contribution in [0.25, 0.3) is 10.2 Å². The molecule has 0 bridgehead atoms. The maximum atomic E-state index is 13.3. The van der Waals surface area contributed by atoms with Crippen molar-refractivity contribution < 1.29 is 22.4 Å². The Balaban J connectivity index is 1.62. The van der Waals surface area contributed by atoms with Crippen LogP contribution < -0.4 is 9.64 Å². The van der Waals surface area contributed by atoms with E-state index in [1.54, 1.807) is 62.5 Å². The van der Waals surface area contributed by atoms with Crippen molar-refractivity contribution in [3.63, 3.8) is 0 Å². The summed E-state index contributed by atoms with van der Waals surface area (Å²) in [6.45, 7) is 3.53. The smallest absolute Gasteiger partial charge is 0.233 e. The summed E-state index contributed by atoms with van der Waals surface area (Å²) < 4.78 is 36.4. The van der Waals surface area contributed by atoms with Crippen LogP contribution in [0.5, 0.6) is 5.75 Å². The molecule has 7 nitrogen and oxygen atoms in total. The SMILES string of the molecule is COc1ccc2sc(N(Cc3ccco3)C(=O)Cc3ccc(S(=O)(=O)C(C)C)cc3)nc2c1. The van der Waals surface area contributed by atoms with Crippen LogP contribution >= 0.6 is 11.3 Å². The molecule has 0 spiro atoms. The molecule has 33 heavy (non-hydrogen) atoms. The maximum Gasteiger partial charge on any atom is 0.233 e. The van der Waals surface area contributed by atoms with E-state index in [1.165, 1.54) is 11.3 Å². The van der Waals surface area contributed by atoms with E-state index in [0.29, 0.717) is 16.6 Å². The Morgan fingerprint density at radius 2 is 1.91 bits per heavy atom. The molecule has 2 aromatic heterocycles. The summed E-state index contributed by atoms with van der Waals surface area (Å²) in [5.41, 5.74) is 1.46. The number of methoxy groups -OCH3 is 1. The summed E-state index contributed by atoms with van der Waals surface area (Å²) in [5.74, 6) is 1.16. The number of amides is 1. The van der Waals surface area contributed by atoms with Gasteiger partial charge in [-0.3, -0.25) is 9.69 Å². The van der Waals surface area contributed by atoms with Crippen LogP contribution in [0.2, 0.25) is 0 Å². The molecule has 0 aliphatic heterocycles. The van der Waals surface area contributed by atoms with Crippen molar-refractivity contribution in [2.75, 3.05) is 12.0 Å². The number of fused-ring (bicyclic) bond motifs is 1. The number of carbonyl (C=O) groups is 1. The molecule has 172 valence electrons. The van der Waals surface area contributed by atoms with Crippen LogP contribution in [0.15, 0.2) is 70.2 Å². The van der Waals surface area contributed by atoms with Crippen LogP contribution in [0, 0.1) is 0 Å². The van der Waals surface area contributed by atoms with E-state index in [4.69, 9.17) is 9.15 Å². The fraction of sp³-hybridized carbons (Fsp3) is 0.250. The third-order valence-corrected chi connectivity index (χ3v) is 8.47. The number of thiazole rings is 1. The van der Waals surface area contributed by atoms with Crippen LogP contribution in [-0.4, -0.2) is 31.7 Å². The van der Waals surface area contributed by atoms with Gasteiger partial charge in [-0.25, -0.2) is 13.4 Å². The van der Waals surface area contributed by atoms with Gasteiger partial charge in [0.2, 0.25) is 5.91 Å². The van der Waals surface area contributed by atoms with Gasteiger partial charge >= 0.3 is 0 Å². The number of carbonyl (C=O) groups excluding carboxylic acids is 1. The molecule has 0 saturated heterocycles. The summed E-state index contributed by atoms with van der Waals surface area (Å²) in [7, 11) is -1.77. The standard InChI is InChI=1S/C24H24N2O5S2/c1-16(2)33(28,29)20-9-6-17(7-10-20)13-23(27)26(15-19-5-4-12-31-19)24-25-21-14-18(30-3)8-11-22(21)32-24/h4-12,14,16H,13,15H2,1-3H3. The van der Waals surface area contributed by atoms with E-state index in [2.05, 4.69) is 4.98 Å². The highest BCUT2D eigenvalue weighted by Crippen LogP contribution is 2.32. The zero-order chi connectivity index (χ0) is 23.6. The number of aromatic nitrogens is 1. The van der Waals surface area contributed by atoms with Crippen LogP contribution in [0.3, 0.4) is 0 Å². The number of benzene rings is 2. The lowest BCUT2D eigenvalue weighted by molar-refractivity contribution is -0.118. The highest BCUT2D eigenvalue weighted by Gasteiger charge is 2.23. The van der Waals surface area contributed by atoms with E-state index < -0.39 is 15.1 Å². The predicted molar refractivity (Wildman–Crippen MR) is 129 cm³/mol. The molecule has 2 aromatic carbocycles. The summed E-state index contributed by atoms with van der Waals surface area (Å²) in [5, 5.41) is 0.0464. The molecule has 0 radical (unpaired) electrons.